The van der Waals surface area contributed by atoms with E-state index in [1.165, 1.54) is 11.1 Å². The van der Waals surface area contributed by atoms with Crippen LogP contribution >= 0.6 is 12.4 Å². The van der Waals surface area contributed by atoms with Gasteiger partial charge in [0.2, 0.25) is 0 Å². The van der Waals surface area contributed by atoms with E-state index in [1.54, 1.807) is 6.20 Å². The number of hydrogen-bond donors (Lipinski definition) is 2. The summed E-state index contributed by atoms with van der Waals surface area (Å²) in [5.41, 5.74) is 3.73. The van der Waals surface area contributed by atoms with Crippen LogP contribution in [0.4, 0.5) is 5.69 Å². The highest BCUT2D eigenvalue weighted by atomic mass is 35.5. The molecule has 2 heterocycles. The number of amides is 1. The number of aryl methyl sites for hydroxylation is 2. The molecular weight excluding hydrogens is 398 g/mol. The minimum absolute atomic E-state index is 0. The lowest BCUT2D eigenvalue weighted by Crippen LogP contribution is -2.29. The van der Waals surface area contributed by atoms with Gasteiger partial charge < -0.3 is 10.6 Å². The van der Waals surface area contributed by atoms with Gasteiger partial charge in [-0.3, -0.25) is 4.79 Å². The smallest absolute Gasteiger partial charge is 0.277 e. The van der Waals surface area contributed by atoms with Crippen LogP contribution in [0.1, 0.15) is 46.9 Å². The largest absolute Gasteiger partial charge is 0.321 e. The molecule has 1 aliphatic rings. The Hall–Kier alpha value is -2.70. The van der Waals surface area contributed by atoms with Crippen LogP contribution in [0.25, 0.3) is 0 Å². The van der Waals surface area contributed by atoms with E-state index in [0.717, 1.165) is 50.9 Å². The normalized spacial score (nSPS) is 14.1. The summed E-state index contributed by atoms with van der Waals surface area (Å²) in [5, 5.41) is 14.5. The van der Waals surface area contributed by atoms with E-state index in [2.05, 4.69) is 51.3 Å². The van der Waals surface area contributed by atoms with Crippen molar-refractivity contribution >= 4 is 24.0 Å². The number of rotatable bonds is 7. The van der Waals surface area contributed by atoms with Gasteiger partial charge in [-0.15, -0.1) is 17.5 Å². The first-order valence-electron chi connectivity index (χ1n) is 10.3. The number of anilines is 1. The molecule has 1 aliphatic heterocycles. The summed E-state index contributed by atoms with van der Waals surface area (Å²) in [6.45, 7) is 1.95. The second-order valence-electron chi connectivity index (χ2n) is 7.56. The third kappa shape index (κ3) is 5.90. The zero-order chi connectivity index (χ0) is 19.9. The molecule has 0 atom stereocenters. The number of nitrogens with zero attached hydrogens (tertiary/aromatic N) is 3. The molecule has 1 aromatic heterocycles. The van der Waals surface area contributed by atoms with Crippen LogP contribution in [0.3, 0.4) is 0 Å². The maximum absolute atomic E-state index is 12.6. The molecule has 0 bridgehead atoms. The molecule has 1 amide bonds. The van der Waals surface area contributed by atoms with Gasteiger partial charge in [0.15, 0.2) is 5.69 Å². The summed E-state index contributed by atoms with van der Waals surface area (Å²) in [6.07, 6.45) is 6.88. The first kappa shape index (κ1) is 22.0. The van der Waals surface area contributed by atoms with Crippen LogP contribution in [-0.2, 0) is 12.8 Å². The van der Waals surface area contributed by atoms with Crippen LogP contribution < -0.4 is 10.6 Å². The number of hydrogen-bond acceptors (Lipinski definition) is 4. The van der Waals surface area contributed by atoms with E-state index in [0.29, 0.717) is 11.7 Å². The molecule has 0 saturated carbocycles. The molecule has 2 aromatic carbocycles. The lowest BCUT2D eigenvalue weighted by molar-refractivity contribution is 0.102. The molecule has 4 rings (SSSR count). The fourth-order valence-electron chi connectivity index (χ4n) is 3.77. The molecular formula is C23H28ClN5O. The van der Waals surface area contributed by atoms with Crippen molar-refractivity contribution in [3.63, 3.8) is 0 Å². The van der Waals surface area contributed by atoms with Gasteiger partial charge in [0, 0.05) is 5.69 Å². The molecule has 30 heavy (non-hydrogen) atoms. The molecule has 0 spiro atoms. The third-order valence-corrected chi connectivity index (χ3v) is 5.38. The molecule has 1 fully saturated rings. The van der Waals surface area contributed by atoms with Gasteiger partial charge >= 0.3 is 0 Å². The SMILES string of the molecule is Cl.O=C(Nc1cccc(CCCc2ccccc2)c1)c1cn(C2CCNCC2)nn1. The monoisotopic (exact) mass is 425 g/mol. The van der Waals surface area contributed by atoms with Crippen molar-refractivity contribution in [2.75, 3.05) is 18.4 Å². The fourth-order valence-corrected chi connectivity index (χ4v) is 3.77. The summed E-state index contributed by atoms with van der Waals surface area (Å²) in [4.78, 5) is 12.6. The second kappa shape index (κ2) is 10.9. The molecule has 2 N–H and O–H groups in total. The maximum atomic E-state index is 12.6. The Morgan fingerprint density at radius 1 is 1.03 bits per heavy atom. The van der Waals surface area contributed by atoms with Crippen LogP contribution in [0.5, 0.6) is 0 Å². The Labute approximate surface area is 183 Å². The van der Waals surface area contributed by atoms with E-state index in [1.807, 2.05) is 28.9 Å². The Kier molecular flexibility index (Phi) is 7.99. The van der Waals surface area contributed by atoms with E-state index in [4.69, 9.17) is 0 Å². The van der Waals surface area contributed by atoms with Crippen molar-refractivity contribution in [1.29, 1.82) is 0 Å². The van der Waals surface area contributed by atoms with Crippen molar-refractivity contribution in [2.24, 2.45) is 0 Å². The van der Waals surface area contributed by atoms with Crippen LogP contribution in [0.15, 0.2) is 60.8 Å². The molecule has 6 nitrogen and oxygen atoms in total. The predicted octanol–water partition coefficient (Wildman–Crippen LogP) is 4.05. The lowest BCUT2D eigenvalue weighted by atomic mass is 10.0. The number of carbonyl (C=O) groups excluding carboxylic acids is 1. The minimum Gasteiger partial charge on any atom is -0.321 e. The van der Waals surface area contributed by atoms with Crippen molar-refractivity contribution in [3.05, 3.63) is 77.6 Å². The van der Waals surface area contributed by atoms with Gasteiger partial charge in [-0.05, 0) is 68.5 Å². The highest BCUT2D eigenvalue weighted by Crippen LogP contribution is 2.18. The third-order valence-electron chi connectivity index (χ3n) is 5.38. The molecule has 0 radical (unpaired) electrons. The van der Waals surface area contributed by atoms with Crippen molar-refractivity contribution in [2.45, 2.75) is 38.1 Å². The molecule has 0 aliphatic carbocycles. The van der Waals surface area contributed by atoms with Crippen LogP contribution in [0, 0.1) is 0 Å². The Morgan fingerprint density at radius 3 is 2.57 bits per heavy atom. The topological polar surface area (TPSA) is 71.8 Å². The number of carbonyl (C=O) groups is 1. The summed E-state index contributed by atoms with van der Waals surface area (Å²) < 4.78 is 1.83. The summed E-state index contributed by atoms with van der Waals surface area (Å²) in [5.74, 6) is -0.216. The highest BCUT2D eigenvalue weighted by molar-refractivity contribution is 6.02. The number of nitrogens with one attached hydrogen (secondary N) is 2. The standard InChI is InChI=1S/C23H27N5O.ClH/c29-23(22-17-28(27-26-22)21-12-14-24-15-13-21)25-20-11-5-10-19(16-20)9-4-8-18-6-2-1-3-7-18;/h1-3,5-7,10-11,16-17,21,24H,4,8-9,12-15H2,(H,25,29);1H. The zero-order valence-corrected chi connectivity index (χ0v) is 17.8. The first-order valence-corrected chi connectivity index (χ1v) is 10.3. The molecule has 1 saturated heterocycles. The maximum Gasteiger partial charge on any atom is 0.277 e. The number of halogens is 1. The molecule has 158 valence electrons. The summed E-state index contributed by atoms with van der Waals surface area (Å²) in [6, 6.07) is 18.9. The zero-order valence-electron chi connectivity index (χ0n) is 17.0. The van der Waals surface area contributed by atoms with E-state index in [-0.39, 0.29) is 18.3 Å². The molecule has 0 unspecified atom stereocenters. The van der Waals surface area contributed by atoms with Crippen molar-refractivity contribution < 1.29 is 4.79 Å². The number of aromatic nitrogens is 3. The Morgan fingerprint density at radius 2 is 1.77 bits per heavy atom. The van der Waals surface area contributed by atoms with Gasteiger partial charge in [-0.2, -0.15) is 0 Å². The van der Waals surface area contributed by atoms with Gasteiger partial charge in [0.25, 0.3) is 5.91 Å². The van der Waals surface area contributed by atoms with Gasteiger partial charge in [-0.25, -0.2) is 4.68 Å². The second-order valence-corrected chi connectivity index (χ2v) is 7.56. The van der Waals surface area contributed by atoms with Crippen molar-refractivity contribution in [1.82, 2.24) is 20.3 Å². The van der Waals surface area contributed by atoms with Crippen molar-refractivity contribution in [3.8, 4) is 0 Å². The number of piperidine rings is 1. The van der Waals surface area contributed by atoms with Gasteiger partial charge in [0.1, 0.15) is 0 Å². The summed E-state index contributed by atoms with van der Waals surface area (Å²) in [7, 11) is 0. The average Bonchev–Trinajstić information content (AvgIpc) is 3.26. The summed E-state index contributed by atoms with van der Waals surface area (Å²) >= 11 is 0. The number of benzene rings is 2. The molecule has 3 aromatic rings. The average molecular weight is 426 g/mol. The Balaban J connectivity index is 0.00000256. The first-order chi connectivity index (χ1) is 14.3. The van der Waals surface area contributed by atoms with E-state index >= 15 is 0 Å². The van der Waals surface area contributed by atoms with E-state index in [9.17, 15) is 4.79 Å². The van der Waals surface area contributed by atoms with Crippen LogP contribution in [0.2, 0.25) is 0 Å². The molecule has 7 heteroatoms. The van der Waals surface area contributed by atoms with Gasteiger partial charge in [0.05, 0.1) is 12.2 Å². The Bertz CT molecular complexity index is 938. The quantitative estimate of drug-likeness (QED) is 0.599. The van der Waals surface area contributed by atoms with Gasteiger partial charge in [-0.1, -0.05) is 47.7 Å². The lowest BCUT2D eigenvalue weighted by Gasteiger charge is -2.22. The van der Waals surface area contributed by atoms with E-state index < -0.39 is 0 Å². The fraction of sp³-hybridized carbons (Fsp3) is 0.348. The highest BCUT2D eigenvalue weighted by Gasteiger charge is 2.18. The predicted molar refractivity (Wildman–Crippen MR) is 121 cm³/mol. The van der Waals surface area contributed by atoms with Crippen LogP contribution in [-0.4, -0.2) is 34.0 Å². The minimum atomic E-state index is -0.216.